The van der Waals surface area contributed by atoms with E-state index in [-0.39, 0.29) is 6.08 Å². The molecule has 0 aromatic rings. The Morgan fingerprint density at radius 2 is 2.00 bits per heavy atom. The zero-order valence-electron chi connectivity index (χ0n) is 4.17. The smallest absolute Gasteiger partial charge is 0.246 e. The highest BCUT2D eigenvalue weighted by Gasteiger charge is 2.23. The van der Waals surface area contributed by atoms with Crippen molar-refractivity contribution < 1.29 is 17.6 Å². The van der Waals surface area contributed by atoms with Gasteiger partial charge < -0.3 is 0 Å². The minimum atomic E-state index is -2.70. The van der Waals surface area contributed by atoms with E-state index in [1.54, 1.807) is 0 Å². The second-order valence-corrected chi connectivity index (χ2v) is 2.65. The number of alkyl halides is 3. The van der Waals surface area contributed by atoms with Crippen LogP contribution in [0.2, 0.25) is 0 Å². The van der Waals surface area contributed by atoms with Gasteiger partial charge in [0, 0.05) is 6.08 Å². The van der Waals surface area contributed by atoms with E-state index in [0.29, 0.717) is 0 Å². The van der Waals surface area contributed by atoms with Gasteiger partial charge >= 0.3 is 0 Å². The van der Waals surface area contributed by atoms with Crippen molar-refractivity contribution in [2.45, 2.75) is 4.58 Å². The first-order valence-corrected chi connectivity index (χ1v) is 2.75. The quantitative estimate of drug-likeness (QED) is 0.482. The fourth-order valence-corrected chi connectivity index (χ4v) is 0.371. The first-order chi connectivity index (χ1) is 3.98. The molecule has 5 heteroatoms. The van der Waals surface area contributed by atoms with Crippen molar-refractivity contribution in [2.24, 2.45) is 0 Å². The lowest BCUT2D eigenvalue weighted by atomic mass is 10.4. The van der Waals surface area contributed by atoms with Gasteiger partial charge in [0.2, 0.25) is 4.58 Å². The van der Waals surface area contributed by atoms with Crippen molar-refractivity contribution in [2.75, 3.05) is 6.67 Å². The van der Waals surface area contributed by atoms with Gasteiger partial charge in [0.1, 0.15) is 6.67 Å². The Balaban J connectivity index is 4.01. The minimum Gasteiger partial charge on any atom is -0.246 e. The van der Waals surface area contributed by atoms with Crippen LogP contribution in [0.25, 0.3) is 0 Å². The summed E-state index contributed by atoms with van der Waals surface area (Å²) in [5, 5.41) is 0. The summed E-state index contributed by atoms with van der Waals surface area (Å²) < 4.78 is 43.0. The maximum atomic E-state index is 12.1. The lowest BCUT2D eigenvalue weighted by Crippen LogP contribution is -2.11. The Morgan fingerprint density at radius 1 is 1.56 bits per heavy atom. The van der Waals surface area contributed by atoms with Crippen molar-refractivity contribution in [1.82, 2.24) is 0 Å². The first kappa shape index (κ1) is 8.94. The van der Waals surface area contributed by atoms with E-state index in [1.807, 2.05) is 0 Å². The van der Waals surface area contributed by atoms with Crippen LogP contribution in [0.1, 0.15) is 0 Å². The highest BCUT2D eigenvalue weighted by atomic mass is 79.9. The van der Waals surface area contributed by atoms with Gasteiger partial charge in [-0.05, 0) is 15.9 Å². The summed E-state index contributed by atoms with van der Waals surface area (Å²) >= 11 is 2.08. The molecule has 0 spiro atoms. The molecular formula is C4H3BrF4. The SMILES string of the molecule is FCC(F)(Br)C=C(F)F. The Morgan fingerprint density at radius 3 is 2.11 bits per heavy atom. The lowest BCUT2D eigenvalue weighted by Gasteiger charge is -2.04. The molecule has 0 amide bonds. The molecule has 0 aliphatic carbocycles. The molecule has 0 aliphatic rings. The average molecular weight is 207 g/mol. The van der Waals surface area contributed by atoms with E-state index in [0.717, 1.165) is 0 Å². The van der Waals surface area contributed by atoms with Crippen LogP contribution >= 0.6 is 15.9 Å². The van der Waals surface area contributed by atoms with Crippen molar-refractivity contribution in [1.29, 1.82) is 0 Å². The van der Waals surface area contributed by atoms with Crippen LogP contribution in [-0.4, -0.2) is 11.3 Å². The summed E-state index contributed by atoms with van der Waals surface area (Å²) in [5.41, 5.74) is 0. The highest BCUT2D eigenvalue weighted by Crippen LogP contribution is 2.24. The molecule has 0 N–H and O–H groups in total. The minimum absolute atomic E-state index is 0.132. The van der Waals surface area contributed by atoms with Gasteiger partial charge in [0.15, 0.2) is 0 Å². The summed E-state index contributed by atoms with van der Waals surface area (Å²) in [6.07, 6.45) is -2.38. The normalized spacial score (nSPS) is 16.6. The number of rotatable bonds is 2. The summed E-state index contributed by atoms with van der Waals surface area (Å²) in [4.78, 5) is 0. The van der Waals surface area contributed by atoms with E-state index >= 15 is 0 Å². The van der Waals surface area contributed by atoms with Gasteiger partial charge in [0.25, 0.3) is 6.08 Å². The number of hydrogen-bond donors (Lipinski definition) is 0. The molecular weight excluding hydrogens is 204 g/mol. The van der Waals surface area contributed by atoms with Gasteiger partial charge in [-0.2, -0.15) is 8.78 Å². The molecule has 0 radical (unpaired) electrons. The maximum absolute atomic E-state index is 12.1. The van der Waals surface area contributed by atoms with Gasteiger partial charge in [-0.3, -0.25) is 0 Å². The van der Waals surface area contributed by atoms with Gasteiger partial charge in [-0.15, -0.1) is 0 Å². The van der Waals surface area contributed by atoms with Crippen molar-refractivity contribution in [3.8, 4) is 0 Å². The highest BCUT2D eigenvalue weighted by molar-refractivity contribution is 9.10. The van der Waals surface area contributed by atoms with Crippen LogP contribution in [0.5, 0.6) is 0 Å². The van der Waals surface area contributed by atoms with E-state index in [9.17, 15) is 17.6 Å². The van der Waals surface area contributed by atoms with E-state index in [4.69, 9.17) is 0 Å². The molecule has 0 bridgehead atoms. The summed E-state index contributed by atoms with van der Waals surface area (Å²) in [6.45, 7) is -1.51. The fourth-order valence-electron chi connectivity index (χ4n) is 0.198. The molecule has 0 heterocycles. The second kappa shape index (κ2) is 3.20. The molecule has 0 fully saturated rings. The van der Waals surface area contributed by atoms with Gasteiger partial charge in [0.05, 0.1) is 0 Å². The molecule has 54 valence electrons. The predicted molar refractivity (Wildman–Crippen MR) is 29.0 cm³/mol. The van der Waals surface area contributed by atoms with E-state index < -0.39 is 17.3 Å². The van der Waals surface area contributed by atoms with Gasteiger partial charge in [-0.1, -0.05) is 0 Å². The molecule has 0 aromatic carbocycles. The molecule has 0 saturated heterocycles. The topological polar surface area (TPSA) is 0 Å². The first-order valence-electron chi connectivity index (χ1n) is 1.95. The molecule has 1 atom stereocenters. The second-order valence-electron chi connectivity index (χ2n) is 1.33. The fraction of sp³-hybridized carbons (Fsp3) is 0.500. The monoisotopic (exact) mass is 206 g/mol. The Hall–Kier alpha value is -0.0600. The van der Waals surface area contributed by atoms with Crippen LogP contribution in [0, 0.1) is 0 Å². The molecule has 9 heavy (non-hydrogen) atoms. The lowest BCUT2D eigenvalue weighted by molar-refractivity contribution is 0.271. The predicted octanol–water partition coefficient (Wildman–Crippen LogP) is 2.80. The maximum Gasteiger partial charge on any atom is 0.270 e. The van der Waals surface area contributed by atoms with Crippen molar-refractivity contribution >= 4 is 15.9 Å². The zero-order valence-corrected chi connectivity index (χ0v) is 5.76. The summed E-state index contributed by atoms with van der Waals surface area (Å²) in [6, 6.07) is 0. The molecule has 0 aliphatic heterocycles. The van der Waals surface area contributed by atoms with E-state index in [1.165, 1.54) is 0 Å². The third-order valence-electron chi connectivity index (χ3n) is 0.498. The molecule has 0 rings (SSSR count). The number of halogens is 5. The van der Waals surface area contributed by atoms with Crippen LogP contribution in [-0.2, 0) is 0 Å². The standard InChI is InChI=1S/C4H3BrF4/c5-4(9,2-6)1-3(7)8/h1H,2H2. The number of hydrogen-bond acceptors (Lipinski definition) is 0. The third-order valence-corrected chi connectivity index (χ3v) is 0.939. The van der Waals surface area contributed by atoms with Crippen molar-refractivity contribution in [3.05, 3.63) is 12.2 Å². The van der Waals surface area contributed by atoms with Crippen LogP contribution in [0.15, 0.2) is 12.2 Å². The van der Waals surface area contributed by atoms with E-state index in [2.05, 4.69) is 15.9 Å². The molecule has 1 unspecified atom stereocenters. The molecule has 0 saturated carbocycles. The Kier molecular flexibility index (Phi) is 3.17. The van der Waals surface area contributed by atoms with Crippen LogP contribution in [0.3, 0.4) is 0 Å². The van der Waals surface area contributed by atoms with Crippen molar-refractivity contribution in [3.63, 3.8) is 0 Å². The van der Waals surface area contributed by atoms with Gasteiger partial charge in [-0.25, -0.2) is 8.78 Å². The zero-order chi connectivity index (χ0) is 7.49. The third kappa shape index (κ3) is 4.44. The molecule has 0 aromatic heterocycles. The van der Waals surface area contributed by atoms with Crippen LogP contribution in [0.4, 0.5) is 17.6 Å². The largest absolute Gasteiger partial charge is 0.270 e. The average Bonchev–Trinajstić information content (AvgIpc) is 1.63. The molecule has 0 nitrogen and oxygen atoms in total. The Labute approximate surface area is 57.7 Å². The summed E-state index contributed by atoms with van der Waals surface area (Å²) in [7, 11) is 0. The Bertz CT molecular complexity index is 116. The number of allylic oxidation sites excluding steroid dienone is 1. The summed E-state index contributed by atoms with van der Waals surface area (Å²) in [5.74, 6) is 0. The van der Waals surface area contributed by atoms with Crippen LogP contribution < -0.4 is 0 Å².